The van der Waals surface area contributed by atoms with Gasteiger partial charge in [0.05, 0.1) is 26.4 Å². The smallest absolute Gasteiger partial charge is 0.401 e. The Labute approximate surface area is 108 Å². The van der Waals surface area contributed by atoms with Crippen molar-refractivity contribution in [2.24, 2.45) is 0 Å². The standard InChI is InChI=1S/C11H16F3N3O2/c1-3-4-17-10(9(19-2)6-16-17)8(18)5-15-7-11(12,13)14/h6,15H,3-5,7H2,1-2H3. The molecule has 108 valence electrons. The Morgan fingerprint density at radius 3 is 2.74 bits per heavy atom. The Balaban J connectivity index is 2.72. The Morgan fingerprint density at radius 2 is 2.21 bits per heavy atom. The van der Waals surface area contributed by atoms with Crippen LogP contribution in [-0.4, -0.2) is 41.9 Å². The minimum atomic E-state index is -4.34. The lowest BCUT2D eigenvalue weighted by atomic mass is 10.2. The minimum Gasteiger partial charge on any atom is -0.493 e. The van der Waals surface area contributed by atoms with Crippen molar-refractivity contribution in [3.05, 3.63) is 11.9 Å². The first kappa shape index (κ1) is 15.5. The van der Waals surface area contributed by atoms with E-state index in [9.17, 15) is 18.0 Å². The van der Waals surface area contributed by atoms with Crippen molar-refractivity contribution in [2.75, 3.05) is 20.2 Å². The van der Waals surface area contributed by atoms with Crippen molar-refractivity contribution in [1.82, 2.24) is 15.1 Å². The zero-order valence-corrected chi connectivity index (χ0v) is 10.8. The minimum absolute atomic E-state index is 0.194. The maximum Gasteiger partial charge on any atom is 0.401 e. The van der Waals surface area contributed by atoms with E-state index < -0.39 is 25.0 Å². The number of aromatic nitrogens is 2. The van der Waals surface area contributed by atoms with Gasteiger partial charge in [0.1, 0.15) is 5.69 Å². The molecule has 0 aromatic carbocycles. The molecule has 0 spiro atoms. The number of nitrogens with one attached hydrogen (secondary N) is 1. The highest BCUT2D eigenvalue weighted by atomic mass is 19.4. The van der Waals surface area contributed by atoms with Crippen molar-refractivity contribution < 1.29 is 22.7 Å². The molecule has 1 heterocycles. The van der Waals surface area contributed by atoms with Gasteiger partial charge in [0.15, 0.2) is 11.5 Å². The molecule has 1 aromatic heterocycles. The molecular formula is C11H16F3N3O2. The molecule has 1 aromatic rings. The fraction of sp³-hybridized carbons (Fsp3) is 0.636. The lowest BCUT2D eigenvalue weighted by molar-refractivity contribution is -0.124. The summed E-state index contributed by atoms with van der Waals surface area (Å²) < 4.78 is 42.4. The first-order chi connectivity index (χ1) is 8.89. The molecule has 0 aliphatic heterocycles. The van der Waals surface area contributed by atoms with Gasteiger partial charge in [-0.1, -0.05) is 6.92 Å². The fourth-order valence-corrected chi connectivity index (χ4v) is 1.58. The van der Waals surface area contributed by atoms with Crippen LogP contribution in [0.4, 0.5) is 13.2 Å². The van der Waals surface area contributed by atoms with Crippen LogP contribution in [0.25, 0.3) is 0 Å². The Kier molecular flexibility index (Phi) is 5.34. The van der Waals surface area contributed by atoms with E-state index in [4.69, 9.17) is 4.74 Å². The number of aryl methyl sites for hydroxylation is 1. The molecule has 1 rings (SSSR count). The van der Waals surface area contributed by atoms with Crippen LogP contribution >= 0.6 is 0 Å². The molecule has 0 saturated carbocycles. The lowest BCUT2D eigenvalue weighted by Crippen LogP contribution is -2.33. The first-order valence-corrected chi connectivity index (χ1v) is 5.79. The Bertz CT molecular complexity index is 429. The van der Waals surface area contributed by atoms with E-state index in [-0.39, 0.29) is 11.4 Å². The predicted molar refractivity (Wildman–Crippen MR) is 62.3 cm³/mol. The second kappa shape index (κ2) is 6.55. The predicted octanol–water partition coefficient (Wildman–Crippen LogP) is 1.64. The van der Waals surface area contributed by atoms with Gasteiger partial charge in [-0.3, -0.25) is 9.48 Å². The topological polar surface area (TPSA) is 56.2 Å². The van der Waals surface area contributed by atoms with Crippen molar-refractivity contribution in [2.45, 2.75) is 26.1 Å². The summed E-state index contributed by atoms with van der Waals surface area (Å²) in [5, 5.41) is 6.04. The molecule has 0 amide bonds. The van der Waals surface area contributed by atoms with E-state index in [1.807, 2.05) is 6.92 Å². The second-order valence-electron chi connectivity index (χ2n) is 3.93. The normalized spacial score (nSPS) is 11.6. The van der Waals surface area contributed by atoms with E-state index in [1.165, 1.54) is 18.0 Å². The molecule has 0 saturated heterocycles. The Hall–Kier alpha value is -1.57. The maximum atomic E-state index is 12.0. The fourth-order valence-electron chi connectivity index (χ4n) is 1.58. The molecule has 0 aliphatic carbocycles. The van der Waals surface area contributed by atoms with E-state index in [0.717, 1.165) is 6.42 Å². The zero-order valence-electron chi connectivity index (χ0n) is 10.8. The largest absolute Gasteiger partial charge is 0.493 e. The molecule has 0 unspecified atom stereocenters. The van der Waals surface area contributed by atoms with Gasteiger partial charge in [0.25, 0.3) is 0 Å². The summed E-state index contributed by atoms with van der Waals surface area (Å²) in [7, 11) is 1.38. The van der Waals surface area contributed by atoms with Crippen LogP contribution in [0, 0.1) is 0 Å². The number of ketones is 1. The third-order valence-corrected chi connectivity index (χ3v) is 2.34. The summed E-state index contributed by atoms with van der Waals surface area (Å²) in [6, 6.07) is 0. The number of carbonyl (C=O) groups excluding carboxylic acids is 1. The molecule has 19 heavy (non-hydrogen) atoms. The SMILES string of the molecule is CCCn1ncc(OC)c1C(=O)CNCC(F)(F)F. The average molecular weight is 279 g/mol. The molecule has 0 bridgehead atoms. The van der Waals surface area contributed by atoms with Crippen molar-refractivity contribution in [1.29, 1.82) is 0 Å². The van der Waals surface area contributed by atoms with Crippen molar-refractivity contribution in [3.63, 3.8) is 0 Å². The van der Waals surface area contributed by atoms with E-state index in [1.54, 1.807) is 0 Å². The number of alkyl halides is 3. The van der Waals surface area contributed by atoms with Gasteiger partial charge in [-0.2, -0.15) is 18.3 Å². The highest BCUT2D eigenvalue weighted by Gasteiger charge is 2.27. The number of carbonyl (C=O) groups is 1. The van der Waals surface area contributed by atoms with Crippen LogP contribution in [0.1, 0.15) is 23.8 Å². The molecule has 0 radical (unpaired) electrons. The highest BCUT2D eigenvalue weighted by molar-refractivity contribution is 5.98. The van der Waals surface area contributed by atoms with Crippen LogP contribution in [0.5, 0.6) is 5.75 Å². The van der Waals surface area contributed by atoms with Gasteiger partial charge in [0.2, 0.25) is 0 Å². The zero-order chi connectivity index (χ0) is 14.5. The number of Topliss-reactive ketones (excluding diaryl/α,β-unsaturated/α-hetero) is 1. The summed E-state index contributed by atoms with van der Waals surface area (Å²) in [5.41, 5.74) is 0.194. The summed E-state index contributed by atoms with van der Waals surface area (Å²) in [6.07, 6.45) is -2.21. The average Bonchev–Trinajstić information content (AvgIpc) is 2.70. The van der Waals surface area contributed by atoms with Crippen LogP contribution in [0.15, 0.2) is 6.20 Å². The number of nitrogens with zero attached hydrogens (tertiary/aromatic N) is 2. The first-order valence-electron chi connectivity index (χ1n) is 5.79. The number of halogens is 3. The maximum absolute atomic E-state index is 12.0. The van der Waals surface area contributed by atoms with Gasteiger partial charge >= 0.3 is 6.18 Å². The number of hydrogen-bond acceptors (Lipinski definition) is 4. The molecule has 0 aliphatic rings. The van der Waals surface area contributed by atoms with E-state index in [2.05, 4.69) is 10.4 Å². The highest BCUT2D eigenvalue weighted by Crippen LogP contribution is 2.18. The van der Waals surface area contributed by atoms with Crippen LogP contribution < -0.4 is 10.1 Å². The van der Waals surface area contributed by atoms with Crippen molar-refractivity contribution >= 4 is 5.78 Å². The summed E-state index contributed by atoms with van der Waals surface area (Å²) in [5.74, 6) is -0.209. The second-order valence-corrected chi connectivity index (χ2v) is 3.93. The number of methoxy groups -OCH3 is 1. The lowest BCUT2D eigenvalue weighted by Gasteiger charge is -2.09. The van der Waals surface area contributed by atoms with E-state index >= 15 is 0 Å². The van der Waals surface area contributed by atoms with Gasteiger partial charge in [-0.05, 0) is 6.42 Å². The van der Waals surface area contributed by atoms with Crippen LogP contribution in [0.3, 0.4) is 0 Å². The summed E-state index contributed by atoms with van der Waals surface area (Å²) in [4.78, 5) is 11.9. The number of ether oxygens (including phenoxy) is 1. The molecule has 8 heteroatoms. The van der Waals surface area contributed by atoms with E-state index in [0.29, 0.717) is 6.54 Å². The number of hydrogen-bond donors (Lipinski definition) is 1. The van der Waals surface area contributed by atoms with Gasteiger partial charge < -0.3 is 10.1 Å². The van der Waals surface area contributed by atoms with Crippen LogP contribution in [-0.2, 0) is 6.54 Å². The summed E-state index contributed by atoms with van der Waals surface area (Å²) >= 11 is 0. The van der Waals surface area contributed by atoms with Crippen molar-refractivity contribution in [3.8, 4) is 5.75 Å². The quantitative estimate of drug-likeness (QED) is 0.771. The molecule has 0 fully saturated rings. The molecule has 5 nitrogen and oxygen atoms in total. The van der Waals surface area contributed by atoms with Gasteiger partial charge in [-0.25, -0.2) is 0 Å². The summed E-state index contributed by atoms with van der Waals surface area (Å²) in [6.45, 7) is 0.794. The van der Waals surface area contributed by atoms with Crippen LogP contribution in [0.2, 0.25) is 0 Å². The monoisotopic (exact) mass is 279 g/mol. The van der Waals surface area contributed by atoms with Gasteiger partial charge in [-0.15, -0.1) is 0 Å². The van der Waals surface area contributed by atoms with Gasteiger partial charge in [0, 0.05) is 6.54 Å². The third-order valence-electron chi connectivity index (χ3n) is 2.34. The number of rotatable bonds is 7. The Morgan fingerprint density at radius 1 is 1.53 bits per heavy atom. The molecular weight excluding hydrogens is 263 g/mol. The molecule has 0 atom stereocenters. The molecule has 1 N–H and O–H groups in total. The third kappa shape index (κ3) is 4.55.